The molecule has 2 rings (SSSR count). The molecule has 0 heterocycles. The van der Waals surface area contributed by atoms with Crippen molar-refractivity contribution >= 4 is 21.6 Å². The summed E-state index contributed by atoms with van der Waals surface area (Å²) in [5, 5.41) is 0.634. The van der Waals surface area contributed by atoms with E-state index < -0.39 is 10.0 Å². The Morgan fingerprint density at radius 3 is 2.14 bits per heavy atom. The molecule has 0 amide bonds. The van der Waals surface area contributed by atoms with Gasteiger partial charge in [-0.25, -0.2) is 13.1 Å². The van der Waals surface area contributed by atoms with E-state index >= 15 is 0 Å². The largest absolute Gasteiger partial charge is 0.241 e. The fourth-order valence-electron chi connectivity index (χ4n) is 2.05. The Kier molecular flexibility index (Phi) is 5.04. The number of hydrogen-bond acceptors (Lipinski definition) is 2. The van der Waals surface area contributed by atoms with Gasteiger partial charge in [0.15, 0.2) is 0 Å². The van der Waals surface area contributed by atoms with Crippen molar-refractivity contribution in [2.24, 2.45) is 0 Å². The molecule has 0 unspecified atom stereocenters. The van der Waals surface area contributed by atoms with Crippen molar-refractivity contribution in [1.29, 1.82) is 0 Å². The lowest BCUT2D eigenvalue weighted by Gasteiger charge is -2.17. The predicted octanol–water partition coefficient (Wildman–Crippen LogP) is 4.08. The molecule has 1 atom stereocenters. The van der Waals surface area contributed by atoms with Crippen molar-refractivity contribution in [3.05, 3.63) is 64.7 Å². The number of aryl methyl sites for hydroxylation is 1. The molecule has 3 nitrogen and oxygen atoms in total. The Morgan fingerprint density at radius 1 is 1.05 bits per heavy atom. The first-order valence-electron chi connectivity index (χ1n) is 6.77. The lowest BCUT2D eigenvalue weighted by Crippen LogP contribution is -2.28. The van der Waals surface area contributed by atoms with E-state index in [1.54, 1.807) is 36.4 Å². The van der Waals surface area contributed by atoms with E-state index in [1.807, 2.05) is 26.0 Å². The topological polar surface area (TPSA) is 46.2 Å². The second-order valence-corrected chi connectivity index (χ2v) is 7.10. The molecule has 0 aromatic heterocycles. The van der Waals surface area contributed by atoms with Crippen LogP contribution in [0.1, 0.15) is 30.5 Å². The SMILES string of the molecule is CC[C@@H](NS(=O)(=O)c1ccc(C)cc1)c1ccc(Cl)cc1. The minimum Gasteiger partial charge on any atom is -0.207 e. The summed E-state index contributed by atoms with van der Waals surface area (Å²) in [5.41, 5.74) is 1.93. The zero-order chi connectivity index (χ0) is 15.5. The predicted molar refractivity (Wildman–Crippen MR) is 86.0 cm³/mol. The molecule has 0 saturated heterocycles. The van der Waals surface area contributed by atoms with Crippen molar-refractivity contribution in [1.82, 2.24) is 4.72 Å². The zero-order valence-corrected chi connectivity index (χ0v) is 13.6. The van der Waals surface area contributed by atoms with Crippen molar-refractivity contribution in [3.8, 4) is 0 Å². The van der Waals surface area contributed by atoms with Crippen LogP contribution in [0.2, 0.25) is 5.02 Å². The number of rotatable bonds is 5. The highest BCUT2D eigenvalue weighted by Gasteiger charge is 2.20. The molecular weight excluding hydrogens is 306 g/mol. The Balaban J connectivity index is 2.24. The van der Waals surface area contributed by atoms with Gasteiger partial charge in [0.05, 0.1) is 4.90 Å². The number of halogens is 1. The molecule has 0 saturated carbocycles. The molecule has 0 bridgehead atoms. The Hall–Kier alpha value is -1.36. The molecule has 1 N–H and O–H groups in total. The monoisotopic (exact) mass is 323 g/mol. The van der Waals surface area contributed by atoms with E-state index in [0.29, 0.717) is 11.4 Å². The fraction of sp³-hybridized carbons (Fsp3) is 0.250. The van der Waals surface area contributed by atoms with Crippen molar-refractivity contribution in [3.63, 3.8) is 0 Å². The minimum absolute atomic E-state index is 0.270. The van der Waals surface area contributed by atoms with Gasteiger partial charge < -0.3 is 0 Å². The van der Waals surface area contributed by atoms with Crippen LogP contribution in [0.3, 0.4) is 0 Å². The van der Waals surface area contributed by atoms with Gasteiger partial charge >= 0.3 is 0 Å². The first-order chi connectivity index (χ1) is 9.92. The maximum absolute atomic E-state index is 12.4. The molecule has 0 aliphatic heterocycles. The second-order valence-electron chi connectivity index (χ2n) is 4.95. The first kappa shape index (κ1) is 16.0. The third-order valence-electron chi connectivity index (χ3n) is 3.31. The van der Waals surface area contributed by atoms with Gasteiger partial charge in [-0.05, 0) is 43.2 Å². The van der Waals surface area contributed by atoms with Crippen LogP contribution in [0, 0.1) is 6.92 Å². The lowest BCUT2D eigenvalue weighted by molar-refractivity contribution is 0.550. The summed E-state index contributed by atoms with van der Waals surface area (Å²) < 4.78 is 27.6. The number of nitrogens with one attached hydrogen (secondary N) is 1. The molecule has 0 fully saturated rings. The van der Waals surface area contributed by atoms with Crippen LogP contribution in [0.5, 0.6) is 0 Å². The van der Waals surface area contributed by atoms with Gasteiger partial charge in [-0.2, -0.15) is 0 Å². The van der Waals surface area contributed by atoms with Gasteiger partial charge in [-0.1, -0.05) is 48.4 Å². The van der Waals surface area contributed by atoms with Crippen molar-refractivity contribution in [2.75, 3.05) is 0 Å². The van der Waals surface area contributed by atoms with Gasteiger partial charge in [0.1, 0.15) is 0 Å². The van der Waals surface area contributed by atoms with Gasteiger partial charge in [-0.15, -0.1) is 0 Å². The maximum atomic E-state index is 12.4. The van der Waals surface area contributed by atoms with E-state index in [-0.39, 0.29) is 10.9 Å². The number of sulfonamides is 1. The summed E-state index contributed by atoms with van der Waals surface area (Å²) in [5.74, 6) is 0. The molecule has 2 aromatic rings. The molecule has 21 heavy (non-hydrogen) atoms. The summed E-state index contributed by atoms with van der Waals surface area (Å²) in [6, 6.07) is 13.8. The molecule has 5 heteroatoms. The van der Waals surface area contributed by atoms with Gasteiger partial charge in [0, 0.05) is 11.1 Å². The normalized spacial score (nSPS) is 13.1. The molecule has 0 aliphatic rings. The van der Waals surface area contributed by atoms with Crippen LogP contribution < -0.4 is 4.72 Å². The van der Waals surface area contributed by atoms with Gasteiger partial charge in [0.2, 0.25) is 10.0 Å². The average molecular weight is 324 g/mol. The maximum Gasteiger partial charge on any atom is 0.241 e. The van der Waals surface area contributed by atoms with Crippen LogP contribution in [-0.2, 0) is 10.0 Å². The highest BCUT2D eigenvalue weighted by molar-refractivity contribution is 7.89. The van der Waals surface area contributed by atoms with Gasteiger partial charge in [-0.3, -0.25) is 0 Å². The summed E-state index contributed by atoms with van der Waals surface area (Å²) >= 11 is 5.86. The van der Waals surface area contributed by atoms with E-state index in [0.717, 1.165) is 11.1 Å². The Morgan fingerprint density at radius 2 is 1.62 bits per heavy atom. The summed E-state index contributed by atoms with van der Waals surface area (Å²) in [7, 11) is -3.53. The third kappa shape index (κ3) is 4.06. The second kappa shape index (κ2) is 6.60. The zero-order valence-electron chi connectivity index (χ0n) is 12.0. The quantitative estimate of drug-likeness (QED) is 0.901. The minimum atomic E-state index is -3.53. The van der Waals surface area contributed by atoms with Crippen LogP contribution in [0.25, 0.3) is 0 Å². The average Bonchev–Trinajstić information content (AvgIpc) is 2.46. The molecule has 0 spiro atoms. The summed E-state index contributed by atoms with van der Waals surface area (Å²) in [6.45, 7) is 3.86. The highest BCUT2D eigenvalue weighted by Crippen LogP contribution is 2.22. The van der Waals surface area contributed by atoms with Crippen LogP contribution in [0.4, 0.5) is 0 Å². The molecule has 0 aliphatic carbocycles. The van der Waals surface area contributed by atoms with Crippen molar-refractivity contribution < 1.29 is 8.42 Å². The smallest absolute Gasteiger partial charge is 0.207 e. The van der Waals surface area contributed by atoms with Gasteiger partial charge in [0.25, 0.3) is 0 Å². The Labute approximate surface area is 131 Å². The van der Waals surface area contributed by atoms with Crippen molar-refractivity contribution in [2.45, 2.75) is 31.2 Å². The summed E-state index contributed by atoms with van der Waals surface area (Å²) in [6.07, 6.45) is 0.659. The fourth-order valence-corrected chi connectivity index (χ4v) is 3.49. The highest BCUT2D eigenvalue weighted by atomic mass is 35.5. The molecule has 2 aromatic carbocycles. The van der Waals surface area contributed by atoms with Crippen LogP contribution in [-0.4, -0.2) is 8.42 Å². The van der Waals surface area contributed by atoms with E-state index in [9.17, 15) is 8.42 Å². The van der Waals surface area contributed by atoms with E-state index in [2.05, 4.69) is 4.72 Å². The molecule has 112 valence electrons. The first-order valence-corrected chi connectivity index (χ1v) is 8.63. The lowest BCUT2D eigenvalue weighted by atomic mass is 10.1. The Bertz CT molecular complexity index is 694. The third-order valence-corrected chi connectivity index (χ3v) is 5.05. The van der Waals surface area contributed by atoms with Crippen LogP contribution >= 0.6 is 11.6 Å². The number of hydrogen-bond donors (Lipinski definition) is 1. The van der Waals surface area contributed by atoms with E-state index in [1.165, 1.54) is 0 Å². The summed E-state index contributed by atoms with van der Waals surface area (Å²) in [4.78, 5) is 0.278. The number of benzene rings is 2. The molecular formula is C16H18ClNO2S. The van der Waals surface area contributed by atoms with Crippen LogP contribution in [0.15, 0.2) is 53.4 Å². The van der Waals surface area contributed by atoms with E-state index in [4.69, 9.17) is 11.6 Å². The molecule has 0 radical (unpaired) electrons. The standard InChI is InChI=1S/C16H18ClNO2S/c1-3-16(13-6-8-14(17)9-7-13)18-21(19,20)15-10-4-12(2)5-11-15/h4-11,16,18H,3H2,1-2H3/t16-/m1/s1.